The van der Waals surface area contributed by atoms with Crippen molar-refractivity contribution in [2.24, 2.45) is 0 Å². The number of benzene rings is 10. The molecule has 0 aliphatic rings. The minimum absolute atomic E-state index is 0.570. The van der Waals surface area contributed by atoms with Gasteiger partial charge in [-0.3, -0.25) is 0 Å². The SMILES string of the molecule is c1ccc(-c2ccc(-c3nc(-c4ccc5c(c4)oc4cccc(-c6ccc(-c7ccccc7)cc6-c6ccccc6)c45)nc(-c4cccc5cc(-c6ccccc6)ccc45)n3)cc2)cc1. The van der Waals surface area contributed by atoms with Crippen LogP contribution in [-0.2, 0) is 0 Å². The first-order valence-corrected chi connectivity index (χ1v) is 21.9. The molecular weight excluding hydrogens is 791 g/mol. The molecule has 0 saturated carbocycles. The van der Waals surface area contributed by atoms with E-state index in [0.717, 1.165) is 88.3 Å². The van der Waals surface area contributed by atoms with Crippen LogP contribution < -0.4 is 0 Å². The van der Waals surface area contributed by atoms with Crippen molar-refractivity contribution in [3.63, 3.8) is 0 Å². The predicted molar refractivity (Wildman–Crippen MR) is 268 cm³/mol. The summed E-state index contributed by atoms with van der Waals surface area (Å²) in [6.07, 6.45) is 0. The first-order chi connectivity index (χ1) is 32.2. The van der Waals surface area contributed by atoms with Crippen LogP contribution in [0.2, 0.25) is 0 Å². The molecule has 4 heteroatoms. The molecule has 2 aromatic heterocycles. The fourth-order valence-corrected chi connectivity index (χ4v) is 9.12. The van der Waals surface area contributed by atoms with E-state index < -0.39 is 0 Å². The quantitative estimate of drug-likeness (QED) is 0.153. The van der Waals surface area contributed by atoms with Gasteiger partial charge in [0.2, 0.25) is 0 Å². The summed E-state index contributed by atoms with van der Waals surface area (Å²) in [7, 11) is 0. The first-order valence-electron chi connectivity index (χ1n) is 21.9. The second kappa shape index (κ2) is 16.2. The second-order valence-electron chi connectivity index (χ2n) is 16.3. The molecule has 10 aromatic carbocycles. The maximum absolute atomic E-state index is 6.73. The monoisotopic (exact) mass is 829 g/mol. The van der Waals surface area contributed by atoms with Crippen LogP contribution in [0.5, 0.6) is 0 Å². The largest absolute Gasteiger partial charge is 0.456 e. The Hall–Kier alpha value is -8.73. The summed E-state index contributed by atoms with van der Waals surface area (Å²) < 4.78 is 6.73. The minimum Gasteiger partial charge on any atom is -0.456 e. The van der Waals surface area contributed by atoms with Crippen molar-refractivity contribution < 1.29 is 4.42 Å². The van der Waals surface area contributed by atoms with E-state index in [-0.39, 0.29) is 0 Å². The van der Waals surface area contributed by atoms with Crippen LogP contribution in [0.1, 0.15) is 0 Å². The lowest BCUT2D eigenvalue weighted by Gasteiger charge is -2.14. The Morgan fingerprint density at radius 3 is 1.43 bits per heavy atom. The summed E-state index contributed by atoms with van der Waals surface area (Å²) in [5.41, 5.74) is 15.8. The third-order valence-corrected chi connectivity index (χ3v) is 12.4. The van der Waals surface area contributed by atoms with Crippen molar-refractivity contribution in [2.45, 2.75) is 0 Å². The zero-order valence-corrected chi connectivity index (χ0v) is 35.3. The predicted octanol–water partition coefficient (Wildman–Crippen LogP) is 16.3. The van der Waals surface area contributed by atoms with Crippen LogP contribution in [-0.4, -0.2) is 15.0 Å². The molecule has 0 aliphatic heterocycles. The Morgan fingerprint density at radius 2 is 0.738 bits per heavy atom. The smallest absolute Gasteiger partial charge is 0.164 e. The Kier molecular flexibility index (Phi) is 9.46. The van der Waals surface area contributed by atoms with Crippen molar-refractivity contribution in [2.75, 3.05) is 0 Å². The van der Waals surface area contributed by atoms with Crippen LogP contribution >= 0.6 is 0 Å². The number of fused-ring (bicyclic) bond motifs is 4. The lowest BCUT2D eigenvalue weighted by Crippen LogP contribution is -2.00. The van der Waals surface area contributed by atoms with E-state index in [0.29, 0.717) is 17.5 Å². The lowest BCUT2D eigenvalue weighted by molar-refractivity contribution is 0.669. The third-order valence-electron chi connectivity index (χ3n) is 12.4. The highest BCUT2D eigenvalue weighted by Gasteiger charge is 2.20. The molecule has 0 aliphatic carbocycles. The number of aromatic nitrogens is 3. The Balaban J connectivity index is 0.999. The van der Waals surface area contributed by atoms with Gasteiger partial charge in [0.05, 0.1) is 0 Å². The van der Waals surface area contributed by atoms with Gasteiger partial charge >= 0.3 is 0 Å². The zero-order chi connectivity index (χ0) is 43.1. The van der Waals surface area contributed by atoms with E-state index in [2.05, 4.69) is 224 Å². The van der Waals surface area contributed by atoms with Crippen LogP contribution in [0.4, 0.5) is 0 Å². The molecular formula is C61H39N3O. The number of hydrogen-bond donors (Lipinski definition) is 0. The molecule has 0 amide bonds. The third kappa shape index (κ3) is 7.13. The van der Waals surface area contributed by atoms with Gasteiger partial charge in [-0.1, -0.05) is 206 Å². The second-order valence-corrected chi connectivity index (χ2v) is 16.3. The number of hydrogen-bond acceptors (Lipinski definition) is 4. The first kappa shape index (κ1) is 38.0. The molecule has 0 spiro atoms. The molecule has 4 nitrogen and oxygen atoms in total. The topological polar surface area (TPSA) is 51.8 Å². The van der Waals surface area contributed by atoms with Crippen molar-refractivity contribution in [3.8, 4) is 89.8 Å². The molecule has 0 fully saturated rings. The fourth-order valence-electron chi connectivity index (χ4n) is 9.12. The van der Waals surface area contributed by atoms with Crippen LogP contribution in [0.25, 0.3) is 123 Å². The molecule has 0 atom stereocenters. The Labute approximate surface area is 376 Å². The minimum atomic E-state index is 0.570. The molecule has 0 unspecified atom stereocenters. The fraction of sp³-hybridized carbons (Fsp3) is 0. The molecule has 0 saturated heterocycles. The van der Waals surface area contributed by atoms with Gasteiger partial charge < -0.3 is 4.42 Å². The van der Waals surface area contributed by atoms with E-state index in [1.807, 2.05) is 12.1 Å². The summed E-state index contributed by atoms with van der Waals surface area (Å²) >= 11 is 0. The van der Waals surface area contributed by atoms with Gasteiger partial charge in [0, 0.05) is 27.5 Å². The molecule has 0 bridgehead atoms. The van der Waals surface area contributed by atoms with E-state index in [9.17, 15) is 0 Å². The average molecular weight is 830 g/mol. The van der Waals surface area contributed by atoms with E-state index >= 15 is 0 Å². The highest BCUT2D eigenvalue weighted by Crippen LogP contribution is 2.43. The number of rotatable bonds is 8. The zero-order valence-electron chi connectivity index (χ0n) is 35.3. The van der Waals surface area contributed by atoms with Crippen LogP contribution in [0, 0.1) is 0 Å². The maximum atomic E-state index is 6.73. The molecule has 0 N–H and O–H groups in total. The van der Waals surface area contributed by atoms with Crippen molar-refractivity contribution in [1.82, 2.24) is 15.0 Å². The molecule has 65 heavy (non-hydrogen) atoms. The maximum Gasteiger partial charge on any atom is 0.164 e. The van der Waals surface area contributed by atoms with Gasteiger partial charge in [-0.2, -0.15) is 0 Å². The Morgan fingerprint density at radius 1 is 0.246 bits per heavy atom. The highest BCUT2D eigenvalue weighted by atomic mass is 16.3. The standard InChI is InChI=1S/C61H39N3O/c1-5-15-40(16-6-1)43-27-29-45(30-28-43)59-62-60(64-61(63-59)53-25-13-23-48-37-46(31-34-50(48)53)41-17-7-2-8-18-41)49-33-36-54-57(39-49)65-56-26-14-24-52(58(54)56)51-35-32-47(42-19-9-3-10-20-42)38-55(51)44-21-11-4-12-22-44/h1-39H. The van der Waals surface area contributed by atoms with E-state index in [1.54, 1.807) is 0 Å². The summed E-state index contributed by atoms with van der Waals surface area (Å²) in [5.74, 6) is 1.77. The summed E-state index contributed by atoms with van der Waals surface area (Å²) in [5, 5.41) is 4.28. The molecule has 12 aromatic rings. The van der Waals surface area contributed by atoms with Gasteiger partial charge in [-0.15, -0.1) is 0 Å². The summed E-state index contributed by atoms with van der Waals surface area (Å²) in [4.78, 5) is 15.6. The van der Waals surface area contributed by atoms with Crippen molar-refractivity contribution in [3.05, 3.63) is 237 Å². The van der Waals surface area contributed by atoms with Crippen LogP contribution in [0.3, 0.4) is 0 Å². The van der Waals surface area contributed by atoms with Crippen molar-refractivity contribution >= 4 is 32.7 Å². The molecule has 12 rings (SSSR count). The lowest BCUT2D eigenvalue weighted by atomic mass is 9.89. The molecule has 304 valence electrons. The summed E-state index contributed by atoms with van der Waals surface area (Å²) in [6, 6.07) is 82.9. The van der Waals surface area contributed by atoms with Crippen LogP contribution in [0.15, 0.2) is 241 Å². The highest BCUT2D eigenvalue weighted by molar-refractivity contribution is 6.14. The van der Waals surface area contributed by atoms with E-state index in [1.165, 1.54) is 16.7 Å². The number of furan rings is 1. The van der Waals surface area contributed by atoms with Gasteiger partial charge in [-0.25, -0.2) is 15.0 Å². The molecule has 2 heterocycles. The van der Waals surface area contributed by atoms with E-state index in [4.69, 9.17) is 19.4 Å². The van der Waals surface area contributed by atoms with Gasteiger partial charge in [0.15, 0.2) is 17.5 Å². The summed E-state index contributed by atoms with van der Waals surface area (Å²) in [6.45, 7) is 0. The van der Waals surface area contributed by atoms with Gasteiger partial charge in [0.1, 0.15) is 11.2 Å². The average Bonchev–Trinajstić information content (AvgIpc) is 3.77. The van der Waals surface area contributed by atoms with Gasteiger partial charge in [-0.05, 0) is 96.7 Å². The normalized spacial score (nSPS) is 11.4. The van der Waals surface area contributed by atoms with Crippen molar-refractivity contribution in [1.29, 1.82) is 0 Å². The van der Waals surface area contributed by atoms with Gasteiger partial charge in [0.25, 0.3) is 0 Å². The Bertz CT molecular complexity index is 3680. The molecule has 0 radical (unpaired) electrons. The number of nitrogens with zero attached hydrogens (tertiary/aromatic N) is 3.